The van der Waals surface area contributed by atoms with Crippen molar-refractivity contribution in [3.05, 3.63) is 33.8 Å². The van der Waals surface area contributed by atoms with Gasteiger partial charge >= 0.3 is 0 Å². The molecule has 0 saturated carbocycles. The number of benzene rings is 1. The van der Waals surface area contributed by atoms with Crippen LogP contribution >= 0.6 is 23.2 Å². The molecule has 2 unspecified atom stereocenters. The average Bonchev–Trinajstić information content (AvgIpc) is 2.54. The molecule has 0 aromatic heterocycles. The number of nitrogens with one attached hydrogen (secondary N) is 1. The van der Waals surface area contributed by atoms with Crippen molar-refractivity contribution in [2.45, 2.75) is 51.4 Å². The van der Waals surface area contributed by atoms with Crippen LogP contribution < -0.4 is 5.32 Å². The molecule has 1 N–H and O–H groups in total. The second kappa shape index (κ2) is 5.49. The van der Waals surface area contributed by atoms with Gasteiger partial charge in [0.25, 0.3) is 0 Å². The summed E-state index contributed by atoms with van der Waals surface area (Å²) in [6, 6.07) is 5.93. The van der Waals surface area contributed by atoms with Crippen molar-refractivity contribution in [3.8, 4) is 0 Å². The summed E-state index contributed by atoms with van der Waals surface area (Å²) >= 11 is 12.6. The van der Waals surface area contributed by atoms with Crippen LogP contribution in [0.5, 0.6) is 0 Å². The fourth-order valence-electron chi connectivity index (χ4n) is 3.46. The zero-order chi connectivity index (χ0) is 15.1. The quantitative estimate of drug-likeness (QED) is 0.861. The fraction of sp³-hybridized carbons (Fsp3) is 0.625. The molecule has 1 aromatic rings. The summed E-state index contributed by atoms with van der Waals surface area (Å²) < 4.78 is 6.21. The van der Waals surface area contributed by atoms with Gasteiger partial charge in [0.1, 0.15) is 0 Å². The van der Waals surface area contributed by atoms with E-state index in [4.69, 9.17) is 27.9 Å². The number of ether oxygens (including phenoxy) is 1. The highest BCUT2D eigenvalue weighted by molar-refractivity contribution is 6.42. The van der Waals surface area contributed by atoms with Crippen LogP contribution in [-0.4, -0.2) is 18.2 Å². The van der Waals surface area contributed by atoms with E-state index in [2.05, 4.69) is 33.0 Å². The first-order valence-electron chi connectivity index (χ1n) is 6.99. The SMILES string of the molecule is CNC(c1cccc(Cl)c1Cl)C1CC(C)(C)OC1(C)C. The maximum Gasteiger partial charge on any atom is 0.0681 e. The summed E-state index contributed by atoms with van der Waals surface area (Å²) in [6.07, 6.45) is 0.981. The lowest BCUT2D eigenvalue weighted by Crippen LogP contribution is -2.37. The van der Waals surface area contributed by atoms with E-state index in [1.165, 1.54) is 0 Å². The molecule has 1 aromatic carbocycles. The molecule has 0 aliphatic carbocycles. The van der Waals surface area contributed by atoms with Gasteiger partial charge in [0, 0.05) is 12.0 Å². The van der Waals surface area contributed by atoms with Crippen LogP contribution in [0, 0.1) is 5.92 Å². The van der Waals surface area contributed by atoms with E-state index < -0.39 is 0 Å². The molecule has 2 atom stereocenters. The van der Waals surface area contributed by atoms with Gasteiger partial charge in [-0.05, 0) is 52.8 Å². The third-order valence-electron chi connectivity index (χ3n) is 4.17. The smallest absolute Gasteiger partial charge is 0.0681 e. The van der Waals surface area contributed by atoms with E-state index in [-0.39, 0.29) is 17.2 Å². The largest absolute Gasteiger partial charge is 0.369 e. The zero-order valence-electron chi connectivity index (χ0n) is 12.8. The van der Waals surface area contributed by atoms with E-state index in [9.17, 15) is 0 Å². The maximum absolute atomic E-state index is 6.40. The van der Waals surface area contributed by atoms with E-state index in [1.54, 1.807) is 0 Å². The molecular weight excluding hydrogens is 293 g/mol. The molecule has 20 heavy (non-hydrogen) atoms. The van der Waals surface area contributed by atoms with Gasteiger partial charge in [-0.25, -0.2) is 0 Å². The highest BCUT2D eigenvalue weighted by Crippen LogP contribution is 2.48. The monoisotopic (exact) mass is 315 g/mol. The summed E-state index contributed by atoms with van der Waals surface area (Å²) in [4.78, 5) is 0. The Bertz CT molecular complexity index is 499. The van der Waals surface area contributed by atoms with Crippen LogP contribution in [0.2, 0.25) is 10.0 Å². The van der Waals surface area contributed by atoms with Crippen molar-refractivity contribution in [3.63, 3.8) is 0 Å². The van der Waals surface area contributed by atoms with Crippen LogP contribution in [0.25, 0.3) is 0 Å². The second-order valence-corrected chi connectivity index (χ2v) is 7.47. The Balaban J connectivity index is 2.40. The van der Waals surface area contributed by atoms with Crippen molar-refractivity contribution in [1.29, 1.82) is 0 Å². The van der Waals surface area contributed by atoms with E-state index >= 15 is 0 Å². The van der Waals surface area contributed by atoms with Crippen molar-refractivity contribution in [2.75, 3.05) is 7.05 Å². The van der Waals surface area contributed by atoms with Gasteiger partial charge in [-0.3, -0.25) is 0 Å². The van der Waals surface area contributed by atoms with Crippen LogP contribution in [0.1, 0.15) is 45.7 Å². The standard InChI is InChI=1S/C16H23Cl2NO/c1-15(2)9-11(16(3,4)20-15)14(19-5)10-7-6-8-12(17)13(10)18/h6-8,11,14,19H,9H2,1-5H3. The first-order valence-corrected chi connectivity index (χ1v) is 7.75. The zero-order valence-corrected chi connectivity index (χ0v) is 14.3. The summed E-state index contributed by atoms with van der Waals surface area (Å²) in [7, 11) is 1.96. The predicted octanol–water partition coefficient (Wildman–Crippen LogP) is 4.85. The first-order chi connectivity index (χ1) is 9.18. The lowest BCUT2D eigenvalue weighted by Gasteiger charge is -2.33. The number of hydrogen-bond donors (Lipinski definition) is 1. The van der Waals surface area contributed by atoms with E-state index in [0.717, 1.165) is 12.0 Å². The van der Waals surface area contributed by atoms with Crippen molar-refractivity contribution in [1.82, 2.24) is 5.32 Å². The molecule has 1 saturated heterocycles. The predicted molar refractivity (Wildman–Crippen MR) is 85.6 cm³/mol. The molecule has 1 heterocycles. The normalized spacial score (nSPS) is 25.6. The van der Waals surface area contributed by atoms with Crippen LogP contribution in [0.3, 0.4) is 0 Å². The summed E-state index contributed by atoms with van der Waals surface area (Å²) in [5.74, 6) is 0.332. The second-order valence-electron chi connectivity index (χ2n) is 6.69. The van der Waals surface area contributed by atoms with Gasteiger partial charge in [-0.15, -0.1) is 0 Å². The van der Waals surface area contributed by atoms with Crippen LogP contribution in [0.15, 0.2) is 18.2 Å². The molecule has 0 amide bonds. The Morgan fingerprint density at radius 2 is 1.90 bits per heavy atom. The van der Waals surface area contributed by atoms with Gasteiger partial charge < -0.3 is 10.1 Å². The van der Waals surface area contributed by atoms with Crippen LogP contribution in [0.4, 0.5) is 0 Å². The third-order valence-corrected chi connectivity index (χ3v) is 5.01. The minimum absolute atomic E-state index is 0.117. The van der Waals surface area contributed by atoms with E-state index in [0.29, 0.717) is 16.0 Å². The molecule has 2 nitrogen and oxygen atoms in total. The van der Waals surface area contributed by atoms with Crippen molar-refractivity contribution < 1.29 is 4.74 Å². The Hall–Kier alpha value is -0.280. The Morgan fingerprint density at radius 1 is 1.25 bits per heavy atom. The number of hydrogen-bond acceptors (Lipinski definition) is 2. The molecule has 4 heteroatoms. The maximum atomic E-state index is 6.40. The number of halogens is 2. The molecule has 0 spiro atoms. The summed E-state index contributed by atoms with van der Waals surface area (Å²) in [5.41, 5.74) is 0.720. The Morgan fingerprint density at radius 3 is 2.40 bits per heavy atom. The van der Waals surface area contributed by atoms with E-state index in [1.807, 2.05) is 25.2 Å². The van der Waals surface area contributed by atoms with Gasteiger partial charge in [0.2, 0.25) is 0 Å². The Labute approximate surface area is 131 Å². The molecule has 112 valence electrons. The molecule has 2 rings (SSSR count). The lowest BCUT2D eigenvalue weighted by atomic mass is 9.79. The lowest BCUT2D eigenvalue weighted by molar-refractivity contribution is -0.0776. The molecule has 0 bridgehead atoms. The Kier molecular flexibility index (Phi) is 4.42. The molecule has 1 aliphatic rings. The molecule has 1 aliphatic heterocycles. The van der Waals surface area contributed by atoms with Gasteiger partial charge in [0.15, 0.2) is 0 Å². The first kappa shape index (κ1) is 16.1. The molecule has 0 radical (unpaired) electrons. The summed E-state index contributed by atoms with van der Waals surface area (Å²) in [5, 5.41) is 4.63. The number of rotatable bonds is 3. The van der Waals surface area contributed by atoms with Gasteiger partial charge in [-0.1, -0.05) is 35.3 Å². The fourth-order valence-corrected chi connectivity index (χ4v) is 3.88. The third kappa shape index (κ3) is 2.99. The highest BCUT2D eigenvalue weighted by atomic mass is 35.5. The molecule has 1 fully saturated rings. The van der Waals surface area contributed by atoms with Crippen molar-refractivity contribution in [2.24, 2.45) is 5.92 Å². The average molecular weight is 316 g/mol. The van der Waals surface area contributed by atoms with Gasteiger partial charge in [-0.2, -0.15) is 0 Å². The highest BCUT2D eigenvalue weighted by Gasteiger charge is 2.49. The molecular formula is C16H23Cl2NO. The minimum atomic E-state index is -0.206. The minimum Gasteiger partial charge on any atom is -0.369 e. The van der Waals surface area contributed by atoms with Crippen LogP contribution in [-0.2, 0) is 4.74 Å². The topological polar surface area (TPSA) is 21.3 Å². The van der Waals surface area contributed by atoms with Gasteiger partial charge in [0.05, 0.1) is 21.2 Å². The van der Waals surface area contributed by atoms with Crippen molar-refractivity contribution >= 4 is 23.2 Å². The summed E-state index contributed by atoms with van der Waals surface area (Å²) in [6.45, 7) is 8.58.